The van der Waals surface area contributed by atoms with Gasteiger partial charge >= 0.3 is 6.18 Å². The molecule has 26 heavy (non-hydrogen) atoms. The number of alkyl halides is 3. The van der Waals surface area contributed by atoms with Crippen LogP contribution in [-0.2, 0) is 21.9 Å². The topological polar surface area (TPSA) is 54.4 Å². The molecule has 2 aromatic rings. The molecule has 0 bridgehead atoms. The Hall–Kier alpha value is -1.86. The predicted molar refractivity (Wildman–Crippen MR) is 94.4 cm³/mol. The first-order valence-electron chi connectivity index (χ1n) is 8.10. The summed E-state index contributed by atoms with van der Waals surface area (Å²) in [6.07, 6.45) is -6.33. The van der Waals surface area contributed by atoms with E-state index in [0.29, 0.717) is 11.1 Å². The number of aliphatic hydroxyl groups is 1. The number of hydrogen-bond donors (Lipinski definition) is 1. The lowest BCUT2D eigenvalue weighted by molar-refractivity contribution is -0.134. The van der Waals surface area contributed by atoms with E-state index >= 15 is 0 Å². The third kappa shape index (κ3) is 5.85. The van der Waals surface area contributed by atoms with Crippen LogP contribution in [0, 0.1) is 0 Å². The second-order valence-corrected chi connectivity index (χ2v) is 8.86. The van der Waals surface area contributed by atoms with Gasteiger partial charge in [-0.2, -0.15) is 13.2 Å². The van der Waals surface area contributed by atoms with E-state index in [2.05, 4.69) is 0 Å². The van der Waals surface area contributed by atoms with Crippen LogP contribution in [0.1, 0.15) is 24.5 Å². The maximum atomic E-state index is 13.0. The second kappa shape index (κ2) is 7.80. The van der Waals surface area contributed by atoms with Gasteiger partial charge in [-0.1, -0.05) is 60.7 Å². The Bertz CT molecular complexity index is 801. The second-order valence-electron chi connectivity index (χ2n) is 6.58. The maximum absolute atomic E-state index is 13.0. The zero-order valence-electron chi connectivity index (χ0n) is 14.3. The highest BCUT2D eigenvalue weighted by Crippen LogP contribution is 2.31. The Morgan fingerprint density at radius 2 is 1.46 bits per heavy atom. The summed E-state index contributed by atoms with van der Waals surface area (Å²) in [5.41, 5.74) is -0.931. The van der Waals surface area contributed by atoms with E-state index in [1.54, 1.807) is 60.7 Å². The largest absolute Gasteiger partial charge is 0.390 e. The van der Waals surface area contributed by atoms with E-state index in [1.165, 1.54) is 6.92 Å². The van der Waals surface area contributed by atoms with Crippen molar-refractivity contribution in [2.75, 3.05) is 5.75 Å². The van der Waals surface area contributed by atoms with Gasteiger partial charge in [0.1, 0.15) is 5.60 Å². The molecule has 2 atom stereocenters. The van der Waals surface area contributed by atoms with E-state index in [9.17, 15) is 26.7 Å². The first kappa shape index (κ1) is 20.5. The fraction of sp³-hybridized carbons (Fsp3) is 0.368. The molecule has 3 nitrogen and oxygen atoms in total. The number of rotatable bonds is 7. The van der Waals surface area contributed by atoms with Crippen molar-refractivity contribution in [3.63, 3.8) is 0 Å². The first-order valence-corrected chi connectivity index (χ1v) is 9.81. The molecule has 2 aromatic carbocycles. The van der Waals surface area contributed by atoms with Crippen molar-refractivity contribution >= 4 is 9.84 Å². The molecule has 7 heteroatoms. The van der Waals surface area contributed by atoms with Gasteiger partial charge in [0, 0.05) is 0 Å². The summed E-state index contributed by atoms with van der Waals surface area (Å²) in [5, 5.41) is 8.92. The summed E-state index contributed by atoms with van der Waals surface area (Å²) in [6, 6.07) is 16.2. The molecular formula is C19H21F3O3S. The van der Waals surface area contributed by atoms with Gasteiger partial charge in [0.2, 0.25) is 0 Å². The van der Waals surface area contributed by atoms with Crippen molar-refractivity contribution in [1.82, 2.24) is 0 Å². The molecule has 0 aliphatic rings. The average molecular weight is 386 g/mol. The molecule has 0 saturated heterocycles. The Morgan fingerprint density at radius 3 is 1.96 bits per heavy atom. The molecule has 2 rings (SSSR count). The van der Waals surface area contributed by atoms with Gasteiger partial charge in [-0.05, 0) is 24.5 Å². The van der Waals surface area contributed by atoms with Gasteiger partial charge in [0.05, 0.1) is 17.4 Å². The summed E-state index contributed by atoms with van der Waals surface area (Å²) in [5.74, 6) is -0.780. The normalized spacial score (nSPS) is 16.0. The van der Waals surface area contributed by atoms with Crippen LogP contribution < -0.4 is 0 Å². The Balaban J connectivity index is 2.29. The summed E-state index contributed by atoms with van der Waals surface area (Å²) in [6.45, 7) is 1.30. The molecule has 2 unspecified atom stereocenters. The van der Waals surface area contributed by atoms with Crippen LogP contribution in [0.5, 0.6) is 0 Å². The fourth-order valence-electron chi connectivity index (χ4n) is 2.85. The van der Waals surface area contributed by atoms with E-state index in [4.69, 9.17) is 0 Å². The van der Waals surface area contributed by atoms with Crippen LogP contribution in [0.3, 0.4) is 0 Å². The van der Waals surface area contributed by atoms with Gasteiger partial charge in [0.15, 0.2) is 9.84 Å². The minimum atomic E-state index is -4.62. The number of halogens is 3. The van der Waals surface area contributed by atoms with Crippen LogP contribution in [0.4, 0.5) is 13.2 Å². The van der Waals surface area contributed by atoms with Crippen LogP contribution in [0.15, 0.2) is 60.7 Å². The SMILES string of the molecule is CC(O)(CS(=O)(=O)C(Cc1ccccc1)CC(F)(F)F)c1ccccc1. The van der Waals surface area contributed by atoms with Crippen molar-refractivity contribution < 1.29 is 26.7 Å². The summed E-state index contributed by atoms with van der Waals surface area (Å²) < 4.78 is 64.4. The van der Waals surface area contributed by atoms with E-state index in [0.717, 1.165) is 0 Å². The predicted octanol–water partition coefficient (Wildman–Crippen LogP) is 3.87. The molecule has 0 aliphatic carbocycles. The van der Waals surface area contributed by atoms with Gasteiger partial charge in [-0.3, -0.25) is 0 Å². The molecule has 0 fully saturated rings. The minimum Gasteiger partial charge on any atom is -0.384 e. The van der Waals surface area contributed by atoms with Gasteiger partial charge in [0.25, 0.3) is 0 Å². The smallest absolute Gasteiger partial charge is 0.384 e. The maximum Gasteiger partial charge on any atom is 0.390 e. The molecule has 0 aliphatic heterocycles. The fourth-order valence-corrected chi connectivity index (χ4v) is 4.93. The molecule has 142 valence electrons. The van der Waals surface area contributed by atoms with Gasteiger partial charge < -0.3 is 5.11 Å². The molecule has 0 heterocycles. The highest BCUT2D eigenvalue weighted by molar-refractivity contribution is 7.92. The first-order chi connectivity index (χ1) is 12.0. The molecule has 0 spiro atoms. The molecule has 0 radical (unpaired) electrons. The third-order valence-electron chi connectivity index (χ3n) is 4.15. The van der Waals surface area contributed by atoms with Crippen LogP contribution in [-0.4, -0.2) is 30.7 Å². The van der Waals surface area contributed by atoms with Crippen LogP contribution in [0.2, 0.25) is 0 Å². The van der Waals surface area contributed by atoms with Crippen molar-refractivity contribution in [3.05, 3.63) is 71.8 Å². The zero-order valence-corrected chi connectivity index (χ0v) is 15.1. The molecule has 1 N–H and O–H groups in total. The Morgan fingerprint density at radius 1 is 0.962 bits per heavy atom. The Kier molecular flexibility index (Phi) is 6.13. The lowest BCUT2D eigenvalue weighted by Crippen LogP contribution is -2.39. The minimum absolute atomic E-state index is 0.256. The highest BCUT2D eigenvalue weighted by atomic mass is 32.2. The van der Waals surface area contributed by atoms with Crippen LogP contribution >= 0.6 is 0 Å². The highest BCUT2D eigenvalue weighted by Gasteiger charge is 2.41. The third-order valence-corrected chi connectivity index (χ3v) is 6.46. The monoisotopic (exact) mass is 386 g/mol. The van der Waals surface area contributed by atoms with E-state index < -0.39 is 39.0 Å². The number of hydrogen-bond acceptors (Lipinski definition) is 3. The van der Waals surface area contributed by atoms with Gasteiger partial charge in [-0.15, -0.1) is 0 Å². The quantitative estimate of drug-likeness (QED) is 0.786. The zero-order chi connectivity index (χ0) is 19.4. The van der Waals surface area contributed by atoms with Crippen LogP contribution in [0.25, 0.3) is 0 Å². The Labute approximate surface area is 151 Å². The number of sulfone groups is 1. The van der Waals surface area contributed by atoms with Gasteiger partial charge in [-0.25, -0.2) is 8.42 Å². The molecule has 0 aromatic heterocycles. The molecule has 0 saturated carbocycles. The average Bonchev–Trinajstić information content (AvgIpc) is 2.54. The standard InChI is InChI=1S/C19H21F3O3S/c1-18(23,16-10-6-3-7-11-16)14-26(24,25)17(13-19(20,21)22)12-15-8-4-2-5-9-15/h2-11,17,23H,12-14H2,1H3. The van der Waals surface area contributed by atoms with E-state index in [-0.39, 0.29) is 6.42 Å². The molecular weight excluding hydrogens is 365 g/mol. The van der Waals surface area contributed by atoms with Crippen molar-refractivity contribution in [3.8, 4) is 0 Å². The summed E-state index contributed by atoms with van der Waals surface area (Å²) in [7, 11) is -4.23. The van der Waals surface area contributed by atoms with Crippen molar-refractivity contribution in [2.45, 2.75) is 36.8 Å². The van der Waals surface area contributed by atoms with Crippen molar-refractivity contribution in [1.29, 1.82) is 0 Å². The lowest BCUT2D eigenvalue weighted by atomic mass is 9.99. The van der Waals surface area contributed by atoms with Crippen molar-refractivity contribution in [2.24, 2.45) is 0 Å². The summed E-state index contributed by atoms with van der Waals surface area (Å²) in [4.78, 5) is 0. The lowest BCUT2D eigenvalue weighted by Gasteiger charge is -2.27. The summed E-state index contributed by atoms with van der Waals surface area (Å²) >= 11 is 0. The number of benzene rings is 2. The van der Waals surface area contributed by atoms with E-state index in [1.807, 2.05) is 0 Å². The molecule has 0 amide bonds.